The highest BCUT2D eigenvalue weighted by Gasteiger charge is 2.61. The summed E-state index contributed by atoms with van der Waals surface area (Å²) in [5, 5.41) is 2.91. The number of anilines is 1. The SMILES string of the molecule is CN(C)C(=O)N1CC[C@]2(C[C@H]2C(=O)Nc2cccnc2)C1. The maximum absolute atomic E-state index is 12.3. The van der Waals surface area contributed by atoms with E-state index in [1.54, 1.807) is 37.5 Å². The largest absolute Gasteiger partial charge is 0.331 e. The predicted molar refractivity (Wildman–Crippen MR) is 78.7 cm³/mol. The molecule has 6 heteroatoms. The zero-order valence-electron chi connectivity index (χ0n) is 12.4. The molecule has 2 fully saturated rings. The predicted octanol–water partition coefficient (Wildman–Crippen LogP) is 1.41. The van der Waals surface area contributed by atoms with Crippen LogP contribution in [0.4, 0.5) is 10.5 Å². The standard InChI is InChI=1S/C15H20N4O2/c1-18(2)14(21)19-7-5-15(10-19)8-12(15)13(20)17-11-4-3-6-16-9-11/h3-4,6,9,12H,5,7-8,10H2,1-2H3,(H,17,20)/t12-,15-/m0/s1. The fourth-order valence-electron chi connectivity index (χ4n) is 3.18. The molecular formula is C15H20N4O2. The summed E-state index contributed by atoms with van der Waals surface area (Å²) in [5.74, 6) is 0.0554. The lowest BCUT2D eigenvalue weighted by Gasteiger charge is -2.21. The maximum Gasteiger partial charge on any atom is 0.319 e. The molecule has 3 amide bonds. The van der Waals surface area contributed by atoms with Crippen LogP contribution in [-0.2, 0) is 4.79 Å². The first-order chi connectivity index (χ1) is 10.0. The molecule has 1 saturated carbocycles. The van der Waals surface area contributed by atoms with Gasteiger partial charge in [-0.05, 0) is 25.0 Å². The number of carbonyl (C=O) groups excluding carboxylic acids is 2. The van der Waals surface area contributed by atoms with Crippen molar-refractivity contribution in [1.82, 2.24) is 14.8 Å². The van der Waals surface area contributed by atoms with Crippen LogP contribution in [0.3, 0.4) is 0 Å². The lowest BCUT2D eigenvalue weighted by molar-refractivity contribution is -0.118. The molecule has 1 aromatic heterocycles. The Bertz CT molecular complexity index is 560. The molecule has 2 heterocycles. The van der Waals surface area contributed by atoms with Gasteiger partial charge in [0.15, 0.2) is 0 Å². The third-order valence-electron chi connectivity index (χ3n) is 4.47. The molecule has 0 unspecified atom stereocenters. The Morgan fingerprint density at radius 2 is 2.29 bits per heavy atom. The molecule has 6 nitrogen and oxygen atoms in total. The van der Waals surface area contributed by atoms with Crippen LogP contribution in [0.15, 0.2) is 24.5 Å². The van der Waals surface area contributed by atoms with Gasteiger partial charge in [-0.3, -0.25) is 9.78 Å². The van der Waals surface area contributed by atoms with Gasteiger partial charge in [0.2, 0.25) is 5.91 Å². The van der Waals surface area contributed by atoms with Crippen molar-refractivity contribution in [3.63, 3.8) is 0 Å². The Hall–Kier alpha value is -2.11. The quantitative estimate of drug-likeness (QED) is 0.895. The summed E-state index contributed by atoms with van der Waals surface area (Å²) in [4.78, 5) is 31.7. The molecule has 1 N–H and O–H groups in total. The Balaban J connectivity index is 1.59. The van der Waals surface area contributed by atoms with E-state index in [4.69, 9.17) is 0 Å². The van der Waals surface area contributed by atoms with E-state index < -0.39 is 0 Å². The van der Waals surface area contributed by atoms with E-state index in [1.165, 1.54) is 0 Å². The van der Waals surface area contributed by atoms with Crippen LogP contribution >= 0.6 is 0 Å². The van der Waals surface area contributed by atoms with Gasteiger partial charge in [-0.1, -0.05) is 0 Å². The van der Waals surface area contributed by atoms with E-state index in [0.29, 0.717) is 6.54 Å². The van der Waals surface area contributed by atoms with Crippen molar-refractivity contribution in [1.29, 1.82) is 0 Å². The normalized spacial score (nSPS) is 26.8. The van der Waals surface area contributed by atoms with E-state index in [0.717, 1.165) is 25.1 Å². The van der Waals surface area contributed by atoms with Gasteiger partial charge >= 0.3 is 6.03 Å². The van der Waals surface area contributed by atoms with Gasteiger partial charge in [0, 0.05) is 44.7 Å². The van der Waals surface area contributed by atoms with Gasteiger partial charge in [0.05, 0.1) is 11.9 Å². The summed E-state index contributed by atoms with van der Waals surface area (Å²) in [6.45, 7) is 1.43. The summed E-state index contributed by atoms with van der Waals surface area (Å²) in [7, 11) is 3.51. The molecule has 21 heavy (non-hydrogen) atoms. The van der Waals surface area contributed by atoms with Crippen molar-refractivity contribution in [2.24, 2.45) is 11.3 Å². The lowest BCUT2D eigenvalue weighted by atomic mass is 10.0. The van der Waals surface area contributed by atoms with E-state index in [1.807, 2.05) is 11.0 Å². The first kappa shape index (κ1) is 13.9. The van der Waals surface area contributed by atoms with Gasteiger partial charge in [0.25, 0.3) is 0 Å². The van der Waals surface area contributed by atoms with Crippen LogP contribution < -0.4 is 5.32 Å². The summed E-state index contributed by atoms with van der Waals surface area (Å²) in [5.41, 5.74) is 0.724. The van der Waals surface area contributed by atoms with Crippen molar-refractivity contribution in [2.75, 3.05) is 32.5 Å². The summed E-state index contributed by atoms with van der Waals surface area (Å²) in [6.07, 6.45) is 5.10. The average molecular weight is 288 g/mol. The first-order valence-corrected chi connectivity index (χ1v) is 7.19. The van der Waals surface area contributed by atoms with Gasteiger partial charge in [-0.25, -0.2) is 4.79 Å². The fraction of sp³-hybridized carbons (Fsp3) is 0.533. The molecule has 0 radical (unpaired) electrons. The maximum atomic E-state index is 12.3. The van der Waals surface area contributed by atoms with Crippen molar-refractivity contribution in [2.45, 2.75) is 12.8 Å². The number of rotatable bonds is 2. The second kappa shape index (κ2) is 5.02. The summed E-state index contributed by atoms with van der Waals surface area (Å²) >= 11 is 0. The number of carbonyl (C=O) groups is 2. The van der Waals surface area contributed by atoms with Gasteiger partial charge in [0.1, 0.15) is 0 Å². The molecule has 2 atom stereocenters. The molecule has 1 aliphatic carbocycles. The first-order valence-electron chi connectivity index (χ1n) is 7.19. The van der Waals surface area contributed by atoms with Crippen molar-refractivity contribution in [3.05, 3.63) is 24.5 Å². The third-order valence-corrected chi connectivity index (χ3v) is 4.47. The number of nitrogens with one attached hydrogen (secondary N) is 1. The molecule has 2 aliphatic rings. The van der Waals surface area contributed by atoms with Crippen LogP contribution in [0.1, 0.15) is 12.8 Å². The highest BCUT2D eigenvalue weighted by molar-refractivity contribution is 5.95. The van der Waals surface area contributed by atoms with Gasteiger partial charge < -0.3 is 15.1 Å². The van der Waals surface area contributed by atoms with E-state index in [-0.39, 0.29) is 23.3 Å². The number of hydrogen-bond donors (Lipinski definition) is 1. The van der Waals surface area contributed by atoms with Crippen molar-refractivity contribution < 1.29 is 9.59 Å². The highest BCUT2D eigenvalue weighted by Crippen LogP contribution is 2.58. The molecular weight excluding hydrogens is 268 g/mol. The van der Waals surface area contributed by atoms with Crippen molar-refractivity contribution >= 4 is 17.6 Å². The number of likely N-dealkylation sites (tertiary alicyclic amines) is 1. The fourth-order valence-corrected chi connectivity index (χ4v) is 3.18. The number of hydrogen-bond acceptors (Lipinski definition) is 3. The number of nitrogens with zero attached hydrogens (tertiary/aromatic N) is 3. The monoisotopic (exact) mass is 288 g/mol. The van der Waals surface area contributed by atoms with Crippen LogP contribution in [-0.4, -0.2) is 53.9 Å². The minimum Gasteiger partial charge on any atom is -0.331 e. The number of urea groups is 1. The molecule has 1 saturated heterocycles. The van der Waals surface area contributed by atoms with Gasteiger partial charge in [-0.2, -0.15) is 0 Å². The smallest absolute Gasteiger partial charge is 0.319 e. The summed E-state index contributed by atoms with van der Waals surface area (Å²) in [6, 6.07) is 3.66. The van der Waals surface area contributed by atoms with E-state index in [9.17, 15) is 9.59 Å². The number of aromatic nitrogens is 1. The third kappa shape index (κ3) is 2.57. The Kier molecular flexibility index (Phi) is 3.31. The molecule has 0 bridgehead atoms. The van der Waals surface area contributed by atoms with Crippen molar-refractivity contribution in [3.8, 4) is 0 Å². The number of pyridine rings is 1. The molecule has 112 valence electrons. The lowest BCUT2D eigenvalue weighted by Crippen LogP contribution is -2.38. The average Bonchev–Trinajstić information content (AvgIpc) is 3.00. The highest BCUT2D eigenvalue weighted by atomic mass is 16.2. The van der Waals surface area contributed by atoms with Crippen LogP contribution in [0.5, 0.6) is 0 Å². The van der Waals surface area contributed by atoms with E-state index >= 15 is 0 Å². The molecule has 3 rings (SSSR count). The minimum absolute atomic E-state index is 0.00202. The molecule has 1 aromatic rings. The van der Waals surface area contributed by atoms with Crippen LogP contribution in [0.2, 0.25) is 0 Å². The molecule has 0 aromatic carbocycles. The Labute approximate surface area is 124 Å². The second-order valence-corrected chi connectivity index (χ2v) is 6.20. The molecule has 1 aliphatic heterocycles. The zero-order chi connectivity index (χ0) is 15.0. The second-order valence-electron chi connectivity index (χ2n) is 6.20. The minimum atomic E-state index is -0.00202. The molecule has 1 spiro atoms. The van der Waals surface area contributed by atoms with Gasteiger partial charge in [-0.15, -0.1) is 0 Å². The van der Waals surface area contributed by atoms with E-state index in [2.05, 4.69) is 10.3 Å². The van der Waals surface area contributed by atoms with Crippen LogP contribution in [0.25, 0.3) is 0 Å². The van der Waals surface area contributed by atoms with Crippen LogP contribution in [0, 0.1) is 11.3 Å². The Morgan fingerprint density at radius 3 is 2.95 bits per heavy atom. The Morgan fingerprint density at radius 1 is 1.48 bits per heavy atom. The summed E-state index contributed by atoms with van der Waals surface area (Å²) < 4.78 is 0. The number of amides is 3. The zero-order valence-corrected chi connectivity index (χ0v) is 12.4. The topological polar surface area (TPSA) is 65.5 Å².